The zero-order chi connectivity index (χ0) is 8.86. The number of rotatable bonds is 0. The Morgan fingerprint density at radius 3 is 3.25 bits per heavy atom. The molecule has 1 unspecified atom stereocenters. The van der Waals surface area contributed by atoms with Crippen molar-refractivity contribution in [2.24, 2.45) is 0 Å². The van der Waals surface area contributed by atoms with Crippen molar-refractivity contribution < 1.29 is 9.84 Å². The second-order valence-electron chi connectivity index (χ2n) is 2.57. The fourth-order valence-corrected chi connectivity index (χ4v) is 1.48. The minimum Gasteiger partial charge on any atom is -0.376 e. The molecule has 0 aliphatic carbocycles. The predicted molar refractivity (Wildman–Crippen MR) is 58.0 cm³/mol. The maximum atomic E-state index is 9.80. The summed E-state index contributed by atoms with van der Waals surface area (Å²) in [5.74, 6) is 2.76. The molecule has 0 aromatic rings. The summed E-state index contributed by atoms with van der Waals surface area (Å²) in [6, 6.07) is 0. The van der Waals surface area contributed by atoms with Gasteiger partial charge in [-0.05, 0) is 14.2 Å². The molecule has 0 saturated carbocycles. The lowest BCUT2D eigenvalue weighted by molar-refractivity contribution is 0.0143. The third-order valence-electron chi connectivity index (χ3n) is 1.50. The minimum absolute atomic E-state index is 0.296. The smallest absolute Gasteiger partial charge is 0.161 e. The molecule has 3 nitrogen and oxygen atoms in total. The Labute approximate surface area is 88.2 Å². The first-order valence-electron chi connectivity index (χ1n) is 3.57. The van der Waals surface area contributed by atoms with Crippen LogP contribution in [0.3, 0.4) is 0 Å². The van der Waals surface area contributed by atoms with Crippen LogP contribution in [0.2, 0.25) is 0 Å². The van der Waals surface area contributed by atoms with Crippen molar-refractivity contribution in [3.63, 3.8) is 0 Å². The fourth-order valence-electron chi connectivity index (χ4n) is 0.926. The van der Waals surface area contributed by atoms with Crippen LogP contribution < -0.4 is 5.32 Å². The number of ether oxygens (including phenoxy) is 1. The zero-order valence-electron chi connectivity index (χ0n) is 6.47. The van der Waals surface area contributed by atoms with E-state index in [-0.39, 0.29) is 0 Å². The standard InChI is InChI=1S/C7H10INO2S/c8-12-4-1-7(10)5-9-2-3-11-6-7/h9-10H,2-3,5-6H2. The Kier molecular flexibility index (Phi) is 4.68. The van der Waals surface area contributed by atoms with Crippen molar-refractivity contribution in [1.82, 2.24) is 5.32 Å². The Morgan fingerprint density at radius 1 is 1.67 bits per heavy atom. The van der Waals surface area contributed by atoms with E-state index in [1.54, 1.807) is 0 Å². The summed E-state index contributed by atoms with van der Waals surface area (Å²) in [5, 5.41) is 15.6. The maximum absolute atomic E-state index is 9.80. The topological polar surface area (TPSA) is 41.5 Å². The molecule has 1 heterocycles. The molecule has 0 radical (unpaired) electrons. The normalized spacial score (nSPS) is 30.2. The monoisotopic (exact) mass is 299 g/mol. The van der Waals surface area contributed by atoms with Crippen LogP contribution in [0.15, 0.2) is 0 Å². The summed E-state index contributed by atoms with van der Waals surface area (Å²) in [5.41, 5.74) is -1.01. The van der Waals surface area contributed by atoms with Gasteiger partial charge in [0.1, 0.15) is 0 Å². The SMILES string of the molecule is OC1(C#CSI)CNCCOC1. The highest BCUT2D eigenvalue weighted by molar-refractivity contribution is 14.2. The van der Waals surface area contributed by atoms with E-state index in [0.29, 0.717) is 19.8 Å². The van der Waals surface area contributed by atoms with Crippen LogP contribution in [0.1, 0.15) is 0 Å². The van der Waals surface area contributed by atoms with Gasteiger partial charge in [0.05, 0.1) is 13.2 Å². The van der Waals surface area contributed by atoms with Crippen LogP contribution >= 0.6 is 30.1 Å². The molecule has 1 atom stereocenters. The first kappa shape index (κ1) is 10.6. The lowest BCUT2D eigenvalue weighted by Crippen LogP contribution is -2.40. The van der Waals surface area contributed by atoms with Crippen LogP contribution in [-0.2, 0) is 4.74 Å². The molecular formula is C7H10INO2S. The quantitative estimate of drug-likeness (QED) is 0.501. The number of aliphatic hydroxyl groups is 1. The van der Waals surface area contributed by atoms with Crippen LogP contribution in [0, 0.1) is 11.2 Å². The van der Waals surface area contributed by atoms with Gasteiger partial charge in [0.15, 0.2) is 5.60 Å². The van der Waals surface area contributed by atoms with Gasteiger partial charge >= 0.3 is 0 Å². The van der Waals surface area contributed by atoms with Gasteiger partial charge in [0.2, 0.25) is 0 Å². The third kappa shape index (κ3) is 3.49. The van der Waals surface area contributed by atoms with Crippen molar-refractivity contribution >= 4 is 30.1 Å². The van der Waals surface area contributed by atoms with Crippen molar-refractivity contribution in [3.8, 4) is 11.2 Å². The Hall–Kier alpha value is 0.520. The molecule has 0 aromatic carbocycles. The molecule has 12 heavy (non-hydrogen) atoms. The molecule has 2 N–H and O–H groups in total. The summed E-state index contributed by atoms with van der Waals surface area (Å²) in [7, 11) is 1.37. The van der Waals surface area contributed by atoms with Crippen molar-refractivity contribution in [3.05, 3.63) is 0 Å². The first-order valence-corrected chi connectivity index (χ1v) is 6.93. The predicted octanol–water partition coefficient (Wildman–Crippen LogP) is 0.381. The summed E-state index contributed by atoms with van der Waals surface area (Å²) < 4.78 is 5.18. The van der Waals surface area contributed by atoms with Gasteiger partial charge in [-0.1, -0.05) is 5.92 Å². The second kappa shape index (κ2) is 5.29. The highest BCUT2D eigenvalue weighted by Crippen LogP contribution is 2.10. The molecular weight excluding hydrogens is 289 g/mol. The van der Waals surface area contributed by atoms with Gasteiger partial charge in [-0.2, -0.15) is 0 Å². The van der Waals surface area contributed by atoms with Gasteiger partial charge in [-0.15, -0.1) is 0 Å². The summed E-state index contributed by atoms with van der Waals surface area (Å²) in [6.07, 6.45) is 0. The number of hydrogen-bond acceptors (Lipinski definition) is 4. The number of hydrogen-bond donors (Lipinski definition) is 2. The highest BCUT2D eigenvalue weighted by Gasteiger charge is 2.26. The van der Waals surface area contributed by atoms with E-state index in [9.17, 15) is 5.11 Å². The van der Waals surface area contributed by atoms with Crippen LogP contribution in [0.25, 0.3) is 0 Å². The molecule has 68 valence electrons. The van der Waals surface area contributed by atoms with Crippen molar-refractivity contribution in [1.29, 1.82) is 0 Å². The molecule has 1 aliphatic heterocycles. The molecule has 1 rings (SSSR count). The molecule has 0 aromatic heterocycles. The summed E-state index contributed by atoms with van der Waals surface area (Å²) in [6.45, 7) is 2.20. The fraction of sp³-hybridized carbons (Fsp3) is 0.714. The summed E-state index contributed by atoms with van der Waals surface area (Å²) in [4.78, 5) is 0. The van der Waals surface area contributed by atoms with Crippen LogP contribution in [0.4, 0.5) is 0 Å². The lowest BCUT2D eigenvalue weighted by Gasteiger charge is -2.18. The molecule has 0 bridgehead atoms. The largest absolute Gasteiger partial charge is 0.376 e. The van der Waals surface area contributed by atoms with Crippen LogP contribution in [0.5, 0.6) is 0 Å². The molecule has 1 aliphatic rings. The molecule has 0 amide bonds. The van der Waals surface area contributed by atoms with Gasteiger partial charge in [0.25, 0.3) is 0 Å². The minimum atomic E-state index is -1.01. The highest BCUT2D eigenvalue weighted by atomic mass is 127. The Bertz CT molecular complexity index is 193. The molecule has 1 saturated heterocycles. The Morgan fingerprint density at radius 2 is 2.50 bits per heavy atom. The van der Waals surface area contributed by atoms with Gasteiger partial charge in [0, 0.05) is 34.3 Å². The van der Waals surface area contributed by atoms with Crippen molar-refractivity contribution in [2.75, 3.05) is 26.3 Å². The second-order valence-corrected chi connectivity index (χ2v) is 4.24. The van der Waals surface area contributed by atoms with E-state index < -0.39 is 5.60 Å². The molecule has 5 heteroatoms. The number of halogens is 1. The molecule has 0 spiro atoms. The maximum Gasteiger partial charge on any atom is 0.161 e. The molecule has 1 fully saturated rings. The van der Waals surface area contributed by atoms with E-state index >= 15 is 0 Å². The van der Waals surface area contributed by atoms with Crippen LogP contribution in [-0.4, -0.2) is 37.0 Å². The number of β-amino-alcohol motifs (C(OH)–C–C–N with tert-alkyl or cyclic N) is 1. The average Bonchev–Trinajstić information content (AvgIpc) is 2.27. The van der Waals surface area contributed by atoms with Gasteiger partial charge < -0.3 is 15.2 Å². The van der Waals surface area contributed by atoms with Crippen molar-refractivity contribution in [2.45, 2.75) is 5.60 Å². The van der Waals surface area contributed by atoms with E-state index in [4.69, 9.17) is 4.74 Å². The van der Waals surface area contributed by atoms with E-state index in [0.717, 1.165) is 6.54 Å². The summed E-state index contributed by atoms with van der Waals surface area (Å²) >= 11 is 2.07. The number of nitrogens with one attached hydrogen (secondary N) is 1. The van der Waals surface area contributed by atoms with E-state index in [1.165, 1.54) is 8.93 Å². The zero-order valence-corrected chi connectivity index (χ0v) is 9.44. The van der Waals surface area contributed by atoms with Gasteiger partial charge in [-0.25, -0.2) is 0 Å². The van der Waals surface area contributed by atoms with E-state index in [1.807, 2.05) is 0 Å². The van der Waals surface area contributed by atoms with Gasteiger partial charge in [-0.3, -0.25) is 0 Å². The van der Waals surface area contributed by atoms with E-state index in [2.05, 4.69) is 37.7 Å². The average molecular weight is 299 g/mol. The third-order valence-corrected chi connectivity index (χ3v) is 2.34. The lowest BCUT2D eigenvalue weighted by atomic mass is 10.1. The Balaban J connectivity index is 2.54. The first-order chi connectivity index (χ1) is 5.77.